The van der Waals surface area contributed by atoms with Crippen LogP contribution in [0.5, 0.6) is 0 Å². The Labute approximate surface area is 180 Å². The number of carbonyl (C=O) groups is 1. The summed E-state index contributed by atoms with van der Waals surface area (Å²) in [6.07, 6.45) is 7.19. The molecule has 1 atom stereocenters. The van der Waals surface area contributed by atoms with Gasteiger partial charge in [0, 0.05) is 26.0 Å². The van der Waals surface area contributed by atoms with E-state index < -0.39 is 0 Å². The Morgan fingerprint density at radius 3 is 2.90 bits per heavy atom. The maximum Gasteiger partial charge on any atom is 0.243 e. The van der Waals surface area contributed by atoms with Crippen LogP contribution in [0.2, 0.25) is 0 Å². The minimum atomic E-state index is -0.0309. The summed E-state index contributed by atoms with van der Waals surface area (Å²) in [6, 6.07) is 13.8. The fourth-order valence-corrected chi connectivity index (χ4v) is 4.30. The maximum atomic E-state index is 13.4. The number of rotatable bonds is 6. The van der Waals surface area contributed by atoms with E-state index in [-0.39, 0.29) is 18.5 Å². The van der Waals surface area contributed by atoms with Crippen LogP contribution in [0.25, 0.3) is 16.9 Å². The highest BCUT2D eigenvalue weighted by Gasteiger charge is 2.31. The second kappa shape index (κ2) is 8.31. The van der Waals surface area contributed by atoms with Crippen molar-refractivity contribution in [2.75, 3.05) is 13.7 Å². The SMILES string of the molecule is COCc1nc2ccccc2n1CC(=O)N1CCC[C@@H]1c1cccc(-n2ccnc2)n1. The van der Waals surface area contributed by atoms with E-state index >= 15 is 0 Å². The van der Waals surface area contributed by atoms with E-state index in [1.807, 2.05) is 62.7 Å². The summed E-state index contributed by atoms with van der Waals surface area (Å²) < 4.78 is 9.16. The highest BCUT2D eigenvalue weighted by Crippen LogP contribution is 2.32. The summed E-state index contributed by atoms with van der Waals surface area (Å²) in [5.74, 6) is 1.63. The van der Waals surface area contributed by atoms with Crippen molar-refractivity contribution in [1.82, 2.24) is 29.0 Å². The van der Waals surface area contributed by atoms with Gasteiger partial charge in [0.15, 0.2) is 0 Å². The van der Waals surface area contributed by atoms with E-state index in [2.05, 4.69) is 9.97 Å². The van der Waals surface area contributed by atoms with Crippen molar-refractivity contribution in [1.29, 1.82) is 0 Å². The van der Waals surface area contributed by atoms with Crippen molar-refractivity contribution in [2.24, 2.45) is 0 Å². The van der Waals surface area contributed by atoms with Gasteiger partial charge in [-0.15, -0.1) is 0 Å². The number of para-hydroxylation sites is 2. The Morgan fingerprint density at radius 1 is 1.16 bits per heavy atom. The molecule has 0 aliphatic carbocycles. The van der Waals surface area contributed by atoms with E-state index in [0.29, 0.717) is 6.61 Å². The van der Waals surface area contributed by atoms with E-state index in [0.717, 1.165) is 47.8 Å². The lowest BCUT2D eigenvalue weighted by Gasteiger charge is -2.25. The summed E-state index contributed by atoms with van der Waals surface area (Å²) in [5.41, 5.74) is 2.72. The zero-order valence-corrected chi connectivity index (χ0v) is 17.4. The first-order valence-corrected chi connectivity index (χ1v) is 10.4. The van der Waals surface area contributed by atoms with Crippen LogP contribution in [0.3, 0.4) is 0 Å². The molecular weight excluding hydrogens is 392 g/mol. The van der Waals surface area contributed by atoms with Crippen LogP contribution < -0.4 is 0 Å². The number of aromatic nitrogens is 5. The molecule has 4 heterocycles. The van der Waals surface area contributed by atoms with Gasteiger partial charge in [-0.2, -0.15) is 0 Å². The average molecular weight is 416 g/mol. The Hall–Kier alpha value is -3.52. The summed E-state index contributed by atoms with van der Waals surface area (Å²) in [6.45, 7) is 1.32. The third-order valence-corrected chi connectivity index (χ3v) is 5.74. The molecule has 0 saturated carbocycles. The summed E-state index contributed by atoms with van der Waals surface area (Å²) in [4.78, 5) is 28.9. The highest BCUT2D eigenvalue weighted by molar-refractivity contribution is 5.81. The van der Waals surface area contributed by atoms with Crippen LogP contribution in [0.4, 0.5) is 0 Å². The van der Waals surface area contributed by atoms with Crippen LogP contribution in [-0.4, -0.2) is 48.5 Å². The second-order valence-electron chi connectivity index (χ2n) is 7.67. The molecule has 4 aromatic rings. The second-order valence-corrected chi connectivity index (χ2v) is 7.67. The predicted octanol–water partition coefficient (Wildman–Crippen LogP) is 3.13. The number of methoxy groups -OCH3 is 1. The molecule has 0 N–H and O–H groups in total. The first-order valence-electron chi connectivity index (χ1n) is 10.4. The number of imidazole rings is 2. The molecular formula is C23H24N6O2. The lowest BCUT2D eigenvalue weighted by Crippen LogP contribution is -2.34. The molecule has 0 unspecified atom stereocenters. The molecule has 1 saturated heterocycles. The Balaban J connectivity index is 1.42. The third-order valence-electron chi connectivity index (χ3n) is 5.74. The molecule has 1 aliphatic rings. The number of hydrogen-bond donors (Lipinski definition) is 0. The van der Waals surface area contributed by atoms with E-state index in [1.165, 1.54) is 0 Å². The average Bonchev–Trinajstić information content (AvgIpc) is 3.55. The zero-order chi connectivity index (χ0) is 21.2. The summed E-state index contributed by atoms with van der Waals surface area (Å²) in [5, 5.41) is 0. The molecule has 1 amide bonds. The normalized spacial score (nSPS) is 16.3. The Morgan fingerprint density at radius 2 is 2.06 bits per heavy atom. The van der Waals surface area contributed by atoms with Gasteiger partial charge in [-0.1, -0.05) is 18.2 Å². The van der Waals surface area contributed by atoms with Crippen molar-refractivity contribution < 1.29 is 9.53 Å². The molecule has 31 heavy (non-hydrogen) atoms. The van der Waals surface area contributed by atoms with Crippen molar-refractivity contribution in [3.8, 4) is 5.82 Å². The largest absolute Gasteiger partial charge is 0.377 e. The van der Waals surface area contributed by atoms with Gasteiger partial charge in [0.05, 0.1) is 22.8 Å². The first-order chi connectivity index (χ1) is 15.2. The van der Waals surface area contributed by atoms with Crippen LogP contribution in [-0.2, 0) is 22.7 Å². The fraction of sp³-hybridized carbons (Fsp3) is 0.304. The number of likely N-dealkylation sites (tertiary alicyclic amines) is 1. The standard InChI is InChI=1S/C23H24N6O2/c1-31-15-22-26-17-6-2-3-8-20(17)29(22)14-23(30)28-12-5-9-19(28)18-7-4-10-21(25-18)27-13-11-24-16-27/h2-4,6-8,10-11,13,16,19H,5,9,12,14-15H2,1H3/t19-/m1/s1. The molecule has 0 spiro atoms. The van der Waals surface area contributed by atoms with Crippen molar-refractivity contribution in [2.45, 2.75) is 32.0 Å². The number of ether oxygens (including phenoxy) is 1. The molecule has 3 aromatic heterocycles. The molecule has 0 bridgehead atoms. The van der Waals surface area contributed by atoms with Gasteiger partial charge in [-0.05, 0) is 37.1 Å². The highest BCUT2D eigenvalue weighted by atomic mass is 16.5. The summed E-state index contributed by atoms with van der Waals surface area (Å²) >= 11 is 0. The van der Waals surface area contributed by atoms with Crippen LogP contribution in [0.15, 0.2) is 61.2 Å². The lowest BCUT2D eigenvalue weighted by atomic mass is 10.1. The lowest BCUT2D eigenvalue weighted by molar-refractivity contribution is -0.132. The molecule has 8 nitrogen and oxygen atoms in total. The smallest absolute Gasteiger partial charge is 0.243 e. The monoisotopic (exact) mass is 416 g/mol. The number of hydrogen-bond acceptors (Lipinski definition) is 5. The zero-order valence-electron chi connectivity index (χ0n) is 17.4. The van der Waals surface area contributed by atoms with Gasteiger partial charge in [0.1, 0.15) is 31.1 Å². The number of amides is 1. The number of benzene rings is 1. The first kappa shape index (κ1) is 19.4. The van der Waals surface area contributed by atoms with Gasteiger partial charge < -0.3 is 14.2 Å². The Bertz CT molecular complexity index is 1200. The Kier molecular flexibility index (Phi) is 5.21. The molecule has 0 radical (unpaired) electrons. The van der Waals surface area contributed by atoms with Crippen molar-refractivity contribution in [3.63, 3.8) is 0 Å². The van der Waals surface area contributed by atoms with Gasteiger partial charge in [-0.3, -0.25) is 9.36 Å². The van der Waals surface area contributed by atoms with E-state index in [4.69, 9.17) is 9.72 Å². The number of fused-ring (bicyclic) bond motifs is 1. The van der Waals surface area contributed by atoms with E-state index in [9.17, 15) is 4.79 Å². The van der Waals surface area contributed by atoms with Crippen molar-refractivity contribution >= 4 is 16.9 Å². The molecule has 158 valence electrons. The predicted molar refractivity (Wildman–Crippen MR) is 115 cm³/mol. The van der Waals surface area contributed by atoms with Gasteiger partial charge in [-0.25, -0.2) is 15.0 Å². The molecule has 1 fully saturated rings. The minimum Gasteiger partial charge on any atom is -0.377 e. The topological polar surface area (TPSA) is 78.1 Å². The van der Waals surface area contributed by atoms with Gasteiger partial charge >= 0.3 is 0 Å². The fourth-order valence-electron chi connectivity index (χ4n) is 4.30. The molecule has 1 aliphatic heterocycles. The number of carbonyl (C=O) groups excluding carboxylic acids is 1. The third kappa shape index (κ3) is 3.70. The molecule has 8 heteroatoms. The van der Waals surface area contributed by atoms with Gasteiger partial charge in [0.2, 0.25) is 5.91 Å². The van der Waals surface area contributed by atoms with Crippen LogP contribution >= 0.6 is 0 Å². The van der Waals surface area contributed by atoms with Crippen LogP contribution in [0.1, 0.15) is 30.4 Å². The number of nitrogens with zero attached hydrogens (tertiary/aromatic N) is 6. The van der Waals surface area contributed by atoms with Gasteiger partial charge in [0.25, 0.3) is 0 Å². The van der Waals surface area contributed by atoms with E-state index in [1.54, 1.807) is 19.6 Å². The van der Waals surface area contributed by atoms with Crippen LogP contribution in [0, 0.1) is 0 Å². The maximum absolute atomic E-state index is 13.4. The molecule has 1 aromatic carbocycles. The van der Waals surface area contributed by atoms with Crippen molar-refractivity contribution in [3.05, 3.63) is 72.7 Å². The quantitative estimate of drug-likeness (QED) is 0.483. The number of pyridine rings is 1. The molecule has 5 rings (SSSR count). The summed E-state index contributed by atoms with van der Waals surface area (Å²) in [7, 11) is 1.64. The minimum absolute atomic E-state index is 0.0309.